The van der Waals surface area contributed by atoms with Crippen LogP contribution in [-0.4, -0.2) is 11.5 Å². The Morgan fingerprint density at radius 1 is 1.19 bits per heavy atom. The number of hydrogen-bond donors (Lipinski definition) is 1. The lowest BCUT2D eigenvalue weighted by molar-refractivity contribution is 0.305. The lowest BCUT2D eigenvalue weighted by Crippen LogP contribution is -2.14. The summed E-state index contributed by atoms with van der Waals surface area (Å²) in [6.07, 6.45) is 3.06. The van der Waals surface area contributed by atoms with E-state index >= 15 is 0 Å². The van der Waals surface area contributed by atoms with Crippen LogP contribution in [0.1, 0.15) is 39.9 Å². The number of aryl methyl sites for hydroxylation is 3. The fourth-order valence-corrected chi connectivity index (χ4v) is 3.10. The third-order valence-corrected chi connectivity index (χ3v) is 4.19. The molecule has 1 heterocycles. The van der Waals surface area contributed by atoms with E-state index in [1.807, 2.05) is 13.1 Å². The van der Waals surface area contributed by atoms with E-state index in [0.717, 1.165) is 30.3 Å². The predicted molar refractivity (Wildman–Crippen MR) is 89.1 cm³/mol. The van der Waals surface area contributed by atoms with Crippen LogP contribution >= 0.6 is 11.3 Å². The summed E-state index contributed by atoms with van der Waals surface area (Å²) in [6.45, 7) is 11.0. The average molecular weight is 304 g/mol. The fourth-order valence-electron chi connectivity index (χ4n) is 2.39. The molecule has 2 rings (SSSR count). The van der Waals surface area contributed by atoms with Gasteiger partial charge in [0, 0.05) is 12.7 Å². The number of nitrogens with one attached hydrogen (secondary N) is 1. The van der Waals surface area contributed by atoms with E-state index in [2.05, 4.69) is 43.2 Å². The van der Waals surface area contributed by atoms with Crippen LogP contribution in [0, 0.1) is 20.8 Å². The first-order valence-corrected chi connectivity index (χ1v) is 8.26. The SMILES string of the molecule is CCCNCc1cc(C)c(OCc2cnc(C)s2)c(C)c1. The van der Waals surface area contributed by atoms with Gasteiger partial charge in [0.1, 0.15) is 12.4 Å². The van der Waals surface area contributed by atoms with E-state index in [-0.39, 0.29) is 0 Å². The standard InChI is InChI=1S/C17H24N2OS/c1-5-6-18-9-15-7-12(2)17(13(3)8-15)20-11-16-10-19-14(4)21-16/h7-8,10,18H,5-6,9,11H2,1-4H3. The van der Waals surface area contributed by atoms with E-state index < -0.39 is 0 Å². The molecule has 0 aliphatic heterocycles. The average Bonchev–Trinajstić information content (AvgIpc) is 2.84. The van der Waals surface area contributed by atoms with Gasteiger partial charge in [0.25, 0.3) is 0 Å². The van der Waals surface area contributed by atoms with Crippen LogP contribution in [0.4, 0.5) is 0 Å². The van der Waals surface area contributed by atoms with Crippen LogP contribution in [0.15, 0.2) is 18.3 Å². The minimum absolute atomic E-state index is 0.598. The first-order chi connectivity index (χ1) is 10.1. The maximum atomic E-state index is 6.00. The Labute approximate surface area is 131 Å². The van der Waals surface area contributed by atoms with Gasteiger partial charge < -0.3 is 10.1 Å². The quantitative estimate of drug-likeness (QED) is 0.780. The van der Waals surface area contributed by atoms with Crippen LogP contribution in [0.2, 0.25) is 0 Å². The molecule has 4 heteroatoms. The normalized spacial score (nSPS) is 10.9. The third kappa shape index (κ3) is 4.55. The Morgan fingerprint density at radius 3 is 2.48 bits per heavy atom. The van der Waals surface area contributed by atoms with Crippen molar-refractivity contribution in [2.24, 2.45) is 0 Å². The van der Waals surface area contributed by atoms with Gasteiger partial charge in [-0.15, -0.1) is 11.3 Å². The molecule has 2 aromatic rings. The van der Waals surface area contributed by atoms with Crippen molar-refractivity contribution in [3.05, 3.63) is 44.9 Å². The summed E-state index contributed by atoms with van der Waals surface area (Å²) in [7, 11) is 0. The molecule has 0 fully saturated rings. The molecule has 0 bridgehead atoms. The van der Waals surface area contributed by atoms with Crippen LogP contribution < -0.4 is 10.1 Å². The third-order valence-electron chi connectivity index (χ3n) is 3.30. The summed E-state index contributed by atoms with van der Waals surface area (Å²) in [5.74, 6) is 1.00. The second-order valence-corrected chi connectivity index (χ2v) is 6.69. The van der Waals surface area contributed by atoms with Gasteiger partial charge in [0.15, 0.2) is 0 Å². The molecule has 114 valence electrons. The predicted octanol–water partition coefficient (Wildman–Crippen LogP) is 4.15. The van der Waals surface area contributed by atoms with Crippen LogP contribution in [0.5, 0.6) is 5.75 Å². The van der Waals surface area contributed by atoms with Gasteiger partial charge in [-0.1, -0.05) is 19.1 Å². The van der Waals surface area contributed by atoms with Crippen molar-refractivity contribution < 1.29 is 4.74 Å². The molecule has 21 heavy (non-hydrogen) atoms. The first-order valence-electron chi connectivity index (χ1n) is 7.45. The smallest absolute Gasteiger partial charge is 0.125 e. The first kappa shape index (κ1) is 16.0. The lowest BCUT2D eigenvalue weighted by atomic mass is 10.1. The molecule has 0 spiro atoms. The Morgan fingerprint density at radius 2 is 1.90 bits per heavy atom. The molecule has 1 aromatic heterocycles. The molecule has 0 amide bonds. The van der Waals surface area contributed by atoms with Gasteiger partial charge in [-0.25, -0.2) is 4.98 Å². The van der Waals surface area contributed by atoms with Gasteiger partial charge in [0.05, 0.1) is 9.88 Å². The van der Waals surface area contributed by atoms with E-state index in [9.17, 15) is 0 Å². The van der Waals surface area contributed by atoms with E-state index in [4.69, 9.17) is 4.74 Å². The molecule has 0 saturated heterocycles. The minimum Gasteiger partial charge on any atom is -0.487 e. The lowest BCUT2D eigenvalue weighted by Gasteiger charge is -2.14. The molecule has 1 N–H and O–H groups in total. The van der Waals surface area contributed by atoms with Crippen LogP contribution in [0.25, 0.3) is 0 Å². The van der Waals surface area contributed by atoms with E-state index in [1.54, 1.807) is 11.3 Å². The van der Waals surface area contributed by atoms with Gasteiger partial charge in [-0.05, 0) is 50.4 Å². The number of aromatic nitrogens is 1. The Hall–Kier alpha value is -1.39. The molecular weight excluding hydrogens is 280 g/mol. The number of thiazole rings is 1. The highest BCUT2D eigenvalue weighted by Crippen LogP contribution is 2.26. The Bertz CT molecular complexity index is 569. The maximum Gasteiger partial charge on any atom is 0.125 e. The summed E-state index contributed by atoms with van der Waals surface area (Å²) in [4.78, 5) is 5.43. The monoisotopic (exact) mass is 304 g/mol. The number of benzene rings is 1. The molecule has 0 unspecified atom stereocenters. The minimum atomic E-state index is 0.598. The molecule has 0 radical (unpaired) electrons. The van der Waals surface area contributed by atoms with Gasteiger partial charge >= 0.3 is 0 Å². The van der Waals surface area contributed by atoms with Crippen molar-refractivity contribution in [1.82, 2.24) is 10.3 Å². The number of hydrogen-bond acceptors (Lipinski definition) is 4. The highest BCUT2D eigenvalue weighted by molar-refractivity contribution is 7.11. The second kappa shape index (κ2) is 7.57. The largest absolute Gasteiger partial charge is 0.487 e. The van der Waals surface area contributed by atoms with Crippen LogP contribution in [0.3, 0.4) is 0 Å². The number of rotatable bonds is 7. The summed E-state index contributed by atoms with van der Waals surface area (Å²) in [5, 5.41) is 4.52. The van der Waals surface area contributed by atoms with Crippen molar-refractivity contribution >= 4 is 11.3 Å². The Balaban J connectivity index is 2.02. The van der Waals surface area contributed by atoms with E-state index in [0.29, 0.717) is 6.61 Å². The van der Waals surface area contributed by atoms with Crippen molar-refractivity contribution in [2.45, 2.75) is 47.3 Å². The molecule has 0 atom stereocenters. The summed E-state index contributed by atoms with van der Waals surface area (Å²) < 4.78 is 6.00. The van der Waals surface area contributed by atoms with Crippen molar-refractivity contribution in [3.8, 4) is 5.75 Å². The molecule has 3 nitrogen and oxygen atoms in total. The Kier molecular flexibility index (Phi) is 5.76. The zero-order chi connectivity index (χ0) is 15.2. The van der Waals surface area contributed by atoms with Crippen molar-refractivity contribution in [1.29, 1.82) is 0 Å². The maximum absolute atomic E-state index is 6.00. The fraction of sp³-hybridized carbons (Fsp3) is 0.471. The van der Waals surface area contributed by atoms with Gasteiger partial charge in [-0.3, -0.25) is 0 Å². The molecule has 0 saturated carbocycles. The van der Waals surface area contributed by atoms with Crippen molar-refractivity contribution in [3.63, 3.8) is 0 Å². The zero-order valence-electron chi connectivity index (χ0n) is 13.3. The molecule has 1 aromatic carbocycles. The van der Waals surface area contributed by atoms with Crippen LogP contribution in [-0.2, 0) is 13.2 Å². The highest BCUT2D eigenvalue weighted by Gasteiger charge is 2.08. The van der Waals surface area contributed by atoms with Gasteiger partial charge in [0.2, 0.25) is 0 Å². The summed E-state index contributed by atoms with van der Waals surface area (Å²) >= 11 is 1.69. The van der Waals surface area contributed by atoms with Crippen molar-refractivity contribution in [2.75, 3.05) is 6.54 Å². The molecule has 0 aliphatic carbocycles. The zero-order valence-corrected chi connectivity index (χ0v) is 14.1. The van der Waals surface area contributed by atoms with Gasteiger partial charge in [-0.2, -0.15) is 0 Å². The molecular formula is C17H24N2OS. The summed E-state index contributed by atoms with van der Waals surface area (Å²) in [6, 6.07) is 4.42. The highest BCUT2D eigenvalue weighted by atomic mass is 32.1. The number of nitrogens with zero attached hydrogens (tertiary/aromatic N) is 1. The number of ether oxygens (including phenoxy) is 1. The second-order valence-electron chi connectivity index (χ2n) is 5.37. The van der Waals surface area contributed by atoms with E-state index in [1.165, 1.54) is 21.6 Å². The topological polar surface area (TPSA) is 34.1 Å². The summed E-state index contributed by atoms with van der Waals surface area (Å²) in [5.41, 5.74) is 3.72. The molecule has 0 aliphatic rings.